The molecule has 30 heavy (non-hydrogen) atoms. The van der Waals surface area contributed by atoms with Gasteiger partial charge in [-0.2, -0.15) is 13.2 Å². The SMILES string of the molecule is COc1ccc([C@@H]2Cc3c(cccc3C(F)(F)F)N(CCN(C)C)C(=O)[C@@H]2C)cc1. The lowest BCUT2D eigenvalue weighted by molar-refractivity contribution is -0.138. The maximum Gasteiger partial charge on any atom is 0.416 e. The minimum absolute atomic E-state index is 0.142. The smallest absolute Gasteiger partial charge is 0.416 e. The minimum Gasteiger partial charge on any atom is -0.497 e. The van der Waals surface area contributed by atoms with E-state index < -0.39 is 17.7 Å². The molecule has 162 valence electrons. The maximum absolute atomic E-state index is 13.8. The van der Waals surface area contributed by atoms with E-state index in [4.69, 9.17) is 4.74 Å². The predicted molar refractivity (Wildman–Crippen MR) is 111 cm³/mol. The van der Waals surface area contributed by atoms with Gasteiger partial charge in [-0.1, -0.05) is 25.1 Å². The summed E-state index contributed by atoms with van der Waals surface area (Å²) in [6.07, 6.45) is -4.34. The number of carbonyl (C=O) groups is 1. The molecule has 0 bridgehead atoms. The quantitative estimate of drug-likeness (QED) is 0.710. The van der Waals surface area contributed by atoms with Crippen molar-refractivity contribution < 1.29 is 22.7 Å². The van der Waals surface area contributed by atoms with Crippen LogP contribution in [-0.2, 0) is 17.4 Å². The third kappa shape index (κ3) is 4.46. The van der Waals surface area contributed by atoms with Crippen LogP contribution in [0.15, 0.2) is 42.5 Å². The van der Waals surface area contributed by atoms with Crippen molar-refractivity contribution in [2.24, 2.45) is 5.92 Å². The van der Waals surface area contributed by atoms with Gasteiger partial charge in [0.25, 0.3) is 0 Å². The van der Waals surface area contributed by atoms with Gasteiger partial charge in [0.05, 0.1) is 12.7 Å². The predicted octanol–water partition coefficient (Wildman–Crippen LogP) is 4.58. The summed E-state index contributed by atoms with van der Waals surface area (Å²) in [5.74, 6) is -0.324. The largest absolute Gasteiger partial charge is 0.497 e. The number of fused-ring (bicyclic) bond motifs is 1. The second kappa shape index (κ2) is 8.68. The molecule has 1 heterocycles. The fraction of sp³-hybridized carbons (Fsp3) is 0.435. The van der Waals surface area contributed by atoms with Crippen LogP contribution in [0.3, 0.4) is 0 Å². The molecule has 0 radical (unpaired) electrons. The van der Waals surface area contributed by atoms with Crippen LogP contribution in [0.1, 0.15) is 29.5 Å². The number of methoxy groups -OCH3 is 1. The zero-order valence-electron chi connectivity index (χ0n) is 17.7. The van der Waals surface area contributed by atoms with E-state index in [1.165, 1.54) is 11.0 Å². The number of rotatable bonds is 5. The average molecular weight is 420 g/mol. The van der Waals surface area contributed by atoms with Crippen molar-refractivity contribution in [2.45, 2.75) is 25.4 Å². The molecule has 0 saturated carbocycles. The number of likely N-dealkylation sites (N-methyl/N-ethyl adjacent to an activating group) is 1. The third-order valence-corrected chi connectivity index (χ3v) is 5.75. The van der Waals surface area contributed by atoms with Crippen LogP contribution in [0.4, 0.5) is 18.9 Å². The van der Waals surface area contributed by atoms with Crippen molar-refractivity contribution in [3.8, 4) is 5.75 Å². The molecule has 1 aliphatic rings. The van der Waals surface area contributed by atoms with E-state index in [1.807, 2.05) is 31.1 Å². The zero-order chi connectivity index (χ0) is 22.1. The second-order valence-corrected chi connectivity index (χ2v) is 7.97. The number of halogens is 3. The molecule has 0 fully saturated rings. The van der Waals surface area contributed by atoms with Gasteiger partial charge < -0.3 is 14.5 Å². The van der Waals surface area contributed by atoms with E-state index in [-0.39, 0.29) is 23.8 Å². The fourth-order valence-corrected chi connectivity index (χ4v) is 4.03. The van der Waals surface area contributed by atoms with E-state index in [0.29, 0.717) is 24.5 Å². The molecule has 7 heteroatoms. The number of ether oxygens (including phenoxy) is 1. The van der Waals surface area contributed by atoms with Gasteiger partial charge in [-0.15, -0.1) is 0 Å². The summed E-state index contributed by atoms with van der Waals surface area (Å²) in [5, 5.41) is 0. The molecular weight excluding hydrogens is 393 g/mol. The molecule has 4 nitrogen and oxygen atoms in total. The number of amides is 1. The van der Waals surface area contributed by atoms with Gasteiger partial charge in [0.15, 0.2) is 0 Å². The molecule has 1 aliphatic heterocycles. The first-order chi connectivity index (χ1) is 14.1. The van der Waals surface area contributed by atoms with E-state index >= 15 is 0 Å². The number of carbonyl (C=O) groups excluding carboxylic acids is 1. The molecule has 0 spiro atoms. The fourth-order valence-electron chi connectivity index (χ4n) is 4.03. The molecule has 0 saturated heterocycles. The Bertz CT molecular complexity index is 894. The van der Waals surface area contributed by atoms with E-state index in [9.17, 15) is 18.0 Å². The average Bonchev–Trinajstić information content (AvgIpc) is 2.80. The number of hydrogen-bond acceptors (Lipinski definition) is 3. The first kappa shape index (κ1) is 22.2. The first-order valence-electron chi connectivity index (χ1n) is 9.92. The lowest BCUT2D eigenvalue weighted by Crippen LogP contribution is -2.40. The number of hydrogen-bond donors (Lipinski definition) is 0. The molecule has 0 N–H and O–H groups in total. The van der Waals surface area contributed by atoms with Crippen LogP contribution in [0.5, 0.6) is 5.75 Å². The van der Waals surface area contributed by atoms with E-state index in [0.717, 1.165) is 11.6 Å². The molecule has 2 aromatic carbocycles. The summed E-state index contributed by atoms with van der Waals surface area (Å²) in [7, 11) is 5.30. The Morgan fingerprint density at radius 2 is 1.80 bits per heavy atom. The van der Waals surface area contributed by atoms with Gasteiger partial charge >= 0.3 is 6.18 Å². The molecule has 2 aromatic rings. The number of nitrogens with zero attached hydrogens (tertiary/aromatic N) is 2. The van der Waals surface area contributed by atoms with Crippen molar-refractivity contribution >= 4 is 11.6 Å². The highest BCUT2D eigenvalue weighted by molar-refractivity contribution is 5.97. The standard InChI is InChI=1S/C23H27F3N2O2/c1-15-18(16-8-10-17(30-4)11-9-16)14-19-20(23(24,25)26)6-5-7-21(19)28(22(15)29)13-12-27(2)3/h5-11,15,18H,12-14H2,1-4H3/t15-,18-/m1/s1. The molecule has 2 atom stereocenters. The molecular formula is C23H27F3N2O2. The van der Waals surface area contributed by atoms with Gasteiger partial charge in [0.1, 0.15) is 5.75 Å². The van der Waals surface area contributed by atoms with Gasteiger partial charge in [0, 0.05) is 24.7 Å². The Balaban J connectivity index is 2.13. The summed E-state index contributed by atoms with van der Waals surface area (Å²) in [6, 6.07) is 11.3. The van der Waals surface area contributed by atoms with Crippen LogP contribution in [-0.4, -0.2) is 45.1 Å². The van der Waals surface area contributed by atoms with Crippen molar-refractivity contribution in [2.75, 3.05) is 39.2 Å². The summed E-state index contributed by atoms with van der Waals surface area (Å²) < 4.78 is 46.7. The number of anilines is 1. The Kier molecular flexibility index (Phi) is 6.41. The van der Waals surface area contributed by atoms with Gasteiger partial charge in [0.2, 0.25) is 5.91 Å². The number of alkyl halides is 3. The summed E-state index contributed by atoms with van der Waals surface area (Å²) >= 11 is 0. The lowest BCUT2D eigenvalue weighted by atomic mass is 9.82. The summed E-state index contributed by atoms with van der Waals surface area (Å²) in [6.45, 7) is 2.69. The van der Waals surface area contributed by atoms with Crippen LogP contribution in [0, 0.1) is 5.92 Å². The monoisotopic (exact) mass is 420 g/mol. The summed E-state index contributed by atoms with van der Waals surface area (Å²) in [5.41, 5.74) is 0.700. The molecule has 1 amide bonds. The molecule has 0 unspecified atom stereocenters. The molecule has 0 aliphatic carbocycles. The van der Waals surface area contributed by atoms with Crippen molar-refractivity contribution in [3.05, 3.63) is 59.2 Å². The number of benzene rings is 2. The topological polar surface area (TPSA) is 32.8 Å². The van der Waals surface area contributed by atoms with E-state index in [1.54, 1.807) is 32.2 Å². The highest BCUT2D eigenvalue weighted by Crippen LogP contribution is 2.43. The van der Waals surface area contributed by atoms with Crippen molar-refractivity contribution in [3.63, 3.8) is 0 Å². The van der Waals surface area contributed by atoms with Gasteiger partial charge in [-0.3, -0.25) is 4.79 Å². The first-order valence-corrected chi connectivity index (χ1v) is 9.92. The van der Waals surface area contributed by atoms with Gasteiger partial charge in [-0.25, -0.2) is 0 Å². The van der Waals surface area contributed by atoms with Crippen LogP contribution in [0.2, 0.25) is 0 Å². The maximum atomic E-state index is 13.8. The normalized spacial score (nSPS) is 19.6. The molecule has 0 aromatic heterocycles. The Hall–Kier alpha value is -2.54. The zero-order valence-corrected chi connectivity index (χ0v) is 17.7. The third-order valence-electron chi connectivity index (χ3n) is 5.75. The lowest BCUT2D eigenvalue weighted by Gasteiger charge is -2.28. The minimum atomic E-state index is -4.49. The Morgan fingerprint density at radius 1 is 1.13 bits per heavy atom. The Morgan fingerprint density at radius 3 is 2.37 bits per heavy atom. The van der Waals surface area contributed by atoms with Crippen LogP contribution in [0.25, 0.3) is 0 Å². The highest BCUT2D eigenvalue weighted by Gasteiger charge is 2.40. The second-order valence-electron chi connectivity index (χ2n) is 7.97. The van der Waals surface area contributed by atoms with Gasteiger partial charge in [-0.05, 0) is 61.8 Å². The van der Waals surface area contributed by atoms with Crippen molar-refractivity contribution in [1.29, 1.82) is 0 Å². The van der Waals surface area contributed by atoms with E-state index in [2.05, 4.69) is 0 Å². The Labute approximate surface area is 175 Å². The summed E-state index contributed by atoms with van der Waals surface area (Å²) in [4.78, 5) is 16.8. The highest BCUT2D eigenvalue weighted by atomic mass is 19.4. The van der Waals surface area contributed by atoms with Crippen molar-refractivity contribution in [1.82, 2.24) is 4.90 Å². The van der Waals surface area contributed by atoms with Crippen LogP contribution >= 0.6 is 0 Å². The van der Waals surface area contributed by atoms with Crippen LogP contribution < -0.4 is 9.64 Å². The molecule has 3 rings (SSSR count).